The molecule has 1 fully saturated rings. The molecule has 0 amide bonds. The van der Waals surface area contributed by atoms with Crippen LogP contribution in [0.15, 0.2) is 43.0 Å². The molecule has 1 aliphatic rings. The molecule has 1 aliphatic heterocycles. The predicted molar refractivity (Wildman–Crippen MR) is 76.5 cm³/mol. The first kappa shape index (κ1) is 12.6. The molecule has 0 radical (unpaired) electrons. The highest BCUT2D eigenvalue weighted by molar-refractivity contribution is 5.39. The number of hydrogen-bond acceptors (Lipinski definition) is 4. The Bertz CT molecular complexity index is 625. The zero-order chi connectivity index (χ0) is 13.6. The minimum Gasteiger partial charge on any atom is -0.454 e. The molecule has 1 atom stereocenters. The van der Waals surface area contributed by atoms with E-state index in [2.05, 4.69) is 27.1 Å². The molecule has 100 valence electrons. The van der Waals surface area contributed by atoms with E-state index >= 15 is 0 Å². The Kier molecular flexibility index (Phi) is 3.91. The second-order valence-corrected chi connectivity index (χ2v) is 4.62. The number of ether oxygens (including phenoxy) is 1. The lowest BCUT2D eigenvalue weighted by Crippen LogP contribution is -2.18. The average Bonchev–Trinajstić information content (AvgIpc) is 3.00. The van der Waals surface area contributed by atoms with E-state index in [4.69, 9.17) is 4.74 Å². The number of nitrogens with one attached hydrogen (secondary N) is 1. The molecule has 0 aliphatic carbocycles. The fraction of sp³-hybridized carbons (Fsp3) is 0.250. The van der Waals surface area contributed by atoms with Crippen LogP contribution < -0.4 is 10.1 Å². The van der Waals surface area contributed by atoms with Gasteiger partial charge in [0.15, 0.2) is 0 Å². The van der Waals surface area contributed by atoms with Gasteiger partial charge in [0.25, 0.3) is 0 Å². The summed E-state index contributed by atoms with van der Waals surface area (Å²) in [5.41, 5.74) is 0.861. The van der Waals surface area contributed by atoms with Crippen molar-refractivity contribution in [2.75, 3.05) is 6.54 Å². The Balaban J connectivity index is 1.72. The lowest BCUT2D eigenvalue weighted by atomic mass is 10.2. The summed E-state index contributed by atoms with van der Waals surface area (Å²) in [6, 6.07) is 5.88. The van der Waals surface area contributed by atoms with Crippen LogP contribution in [0, 0.1) is 11.8 Å². The third-order valence-corrected chi connectivity index (χ3v) is 3.03. The van der Waals surface area contributed by atoms with Crippen molar-refractivity contribution >= 4 is 0 Å². The quantitative estimate of drug-likeness (QED) is 0.847. The standard InChI is InChI=1S/C16H15N3O/c1-3-14(19-8-1)6-5-13-9-16(12-18-10-13)20-15-4-2-7-17-11-15/h2,4,7,9-12,14,19H,1,3,8H2/t14-/m0/s1. The summed E-state index contributed by atoms with van der Waals surface area (Å²) in [7, 11) is 0. The smallest absolute Gasteiger partial charge is 0.147 e. The van der Waals surface area contributed by atoms with E-state index in [1.165, 1.54) is 6.42 Å². The molecule has 0 saturated carbocycles. The monoisotopic (exact) mass is 265 g/mol. The first-order chi connectivity index (χ1) is 9.90. The maximum atomic E-state index is 5.68. The van der Waals surface area contributed by atoms with E-state index in [1.807, 2.05) is 18.2 Å². The van der Waals surface area contributed by atoms with Gasteiger partial charge in [-0.15, -0.1) is 0 Å². The normalized spacial score (nSPS) is 17.3. The molecule has 2 aromatic rings. The number of pyridine rings is 2. The number of aromatic nitrogens is 2. The summed E-state index contributed by atoms with van der Waals surface area (Å²) in [6.07, 6.45) is 9.11. The summed E-state index contributed by atoms with van der Waals surface area (Å²) in [6.45, 7) is 1.06. The molecule has 4 nitrogen and oxygen atoms in total. The van der Waals surface area contributed by atoms with Gasteiger partial charge in [-0.2, -0.15) is 0 Å². The fourth-order valence-corrected chi connectivity index (χ4v) is 2.06. The van der Waals surface area contributed by atoms with Crippen molar-refractivity contribution in [1.82, 2.24) is 15.3 Å². The summed E-state index contributed by atoms with van der Waals surface area (Å²) in [5.74, 6) is 7.72. The molecule has 4 heteroatoms. The van der Waals surface area contributed by atoms with Gasteiger partial charge in [0.1, 0.15) is 11.5 Å². The van der Waals surface area contributed by atoms with Gasteiger partial charge in [-0.3, -0.25) is 9.97 Å². The lowest BCUT2D eigenvalue weighted by molar-refractivity contribution is 0.478. The highest BCUT2D eigenvalue weighted by atomic mass is 16.5. The molecule has 2 aromatic heterocycles. The van der Waals surface area contributed by atoms with E-state index < -0.39 is 0 Å². The highest BCUT2D eigenvalue weighted by Crippen LogP contribution is 2.19. The first-order valence-electron chi connectivity index (χ1n) is 6.68. The predicted octanol–water partition coefficient (Wildman–Crippen LogP) is 2.37. The third kappa shape index (κ3) is 3.34. The molecular formula is C16H15N3O. The van der Waals surface area contributed by atoms with Crippen LogP contribution in [0.3, 0.4) is 0 Å². The van der Waals surface area contributed by atoms with Gasteiger partial charge >= 0.3 is 0 Å². The zero-order valence-corrected chi connectivity index (χ0v) is 11.0. The molecule has 0 bridgehead atoms. The topological polar surface area (TPSA) is 47.0 Å². The highest BCUT2D eigenvalue weighted by Gasteiger charge is 2.09. The van der Waals surface area contributed by atoms with Crippen LogP contribution in [0.25, 0.3) is 0 Å². The minimum atomic E-state index is 0.304. The van der Waals surface area contributed by atoms with Crippen molar-refractivity contribution in [3.63, 3.8) is 0 Å². The number of nitrogens with zero attached hydrogens (tertiary/aromatic N) is 2. The summed E-state index contributed by atoms with van der Waals surface area (Å²) in [4.78, 5) is 8.17. The van der Waals surface area contributed by atoms with Crippen LogP contribution in [0.2, 0.25) is 0 Å². The number of rotatable bonds is 2. The van der Waals surface area contributed by atoms with Crippen molar-refractivity contribution in [2.45, 2.75) is 18.9 Å². The van der Waals surface area contributed by atoms with Gasteiger partial charge in [-0.1, -0.05) is 11.8 Å². The van der Waals surface area contributed by atoms with E-state index in [0.29, 0.717) is 17.5 Å². The minimum absolute atomic E-state index is 0.304. The Morgan fingerprint density at radius 3 is 2.95 bits per heavy atom. The van der Waals surface area contributed by atoms with Gasteiger partial charge in [0.2, 0.25) is 0 Å². The maximum Gasteiger partial charge on any atom is 0.147 e. The number of hydrogen-bond donors (Lipinski definition) is 1. The summed E-state index contributed by atoms with van der Waals surface area (Å²) < 4.78 is 5.68. The van der Waals surface area contributed by atoms with Crippen LogP contribution >= 0.6 is 0 Å². The fourth-order valence-electron chi connectivity index (χ4n) is 2.06. The van der Waals surface area contributed by atoms with Crippen LogP contribution in [-0.2, 0) is 0 Å². The molecule has 1 N–H and O–H groups in total. The molecule has 0 spiro atoms. The van der Waals surface area contributed by atoms with Crippen molar-refractivity contribution in [3.05, 3.63) is 48.5 Å². The zero-order valence-electron chi connectivity index (χ0n) is 11.0. The van der Waals surface area contributed by atoms with Crippen LogP contribution in [0.1, 0.15) is 18.4 Å². The van der Waals surface area contributed by atoms with Crippen molar-refractivity contribution in [3.8, 4) is 23.3 Å². The molecular weight excluding hydrogens is 250 g/mol. The first-order valence-corrected chi connectivity index (χ1v) is 6.68. The van der Waals surface area contributed by atoms with E-state index in [-0.39, 0.29) is 0 Å². The molecule has 1 saturated heterocycles. The van der Waals surface area contributed by atoms with Crippen molar-refractivity contribution in [2.24, 2.45) is 0 Å². The van der Waals surface area contributed by atoms with Gasteiger partial charge in [-0.05, 0) is 37.6 Å². The average molecular weight is 265 g/mol. The molecule has 0 unspecified atom stereocenters. The third-order valence-electron chi connectivity index (χ3n) is 3.03. The molecule has 20 heavy (non-hydrogen) atoms. The summed E-state index contributed by atoms with van der Waals surface area (Å²) >= 11 is 0. The van der Waals surface area contributed by atoms with E-state index in [1.54, 1.807) is 24.8 Å². The van der Waals surface area contributed by atoms with Gasteiger partial charge in [0, 0.05) is 18.0 Å². The summed E-state index contributed by atoms with van der Waals surface area (Å²) in [5, 5.41) is 3.35. The van der Waals surface area contributed by atoms with Crippen LogP contribution in [0.4, 0.5) is 0 Å². The molecule has 3 rings (SSSR count). The van der Waals surface area contributed by atoms with Crippen molar-refractivity contribution < 1.29 is 4.74 Å². The Morgan fingerprint density at radius 1 is 1.20 bits per heavy atom. The second kappa shape index (κ2) is 6.18. The van der Waals surface area contributed by atoms with Gasteiger partial charge < -0.3 is 10.1 Å². The van der Waals surface area contributed by atoms with Crippen molar-refractivity contribution in [1.29, 1.82) is 0 Å². The Labute approximate surface area is 118 Å². The van der Waals surface area contributed by atoms with Gasteiger partial charge in [0.05, 0.1) is 18.4 Å². The van der Waals surface area contributed by atoms with Gasteiger partial charge in [-0.25, -0.2) is 0 Å². The SMILES string of the molecule is C(#C[C@@H]1CCCN1)c1cncc(Oc2cccnc2)c1. The van der Waals surface area contributed by atoms with Crippen LogP contribution in [-0.4, -0.2) is 22.6 Å². The molecule has 0 aromatic carbocycles. The second-order valence-electron chi connectivity index (χ2n) is 4.62. The maximum absolute atomic E-state index is 5.68. The Morgan fingerprint density at radius 2 is 2.15 bits per heavy atom. The largest absolute Gasteiger partial charge is 0.454 e. The van der Waals surface area contributed by atoms with E-state index in [9.17, 15) is 0 Å². The Hall–Kier alpha value is -2.38. The van der Waals surface area contributed by atoms with Crippen LogP contribution in [0.5, 0.6) is 11.5 Å². The lowest BCUT2D eigenvalue weighted by Gasteiger charge is -2.04. The molecule has 3 heterocycles. The van der Waals surface area contributed by atoms with E-state index in [0.717, 1.165) is 18.5 Å².